The maximum atomic E-state index is 12.1. The van der Waals surface area contributed by atoms with E-state index in [0.717, 1.165) is 31.7 Å². The van der Waals surface area contributed by atoms with Crippen LogP contribution >= 0.6 is 0 Å². The van der Waals surface area contributed by atoms with Gasteiger partial charge in [-0.15, -0.1) is 0 Å². The van der Waals surface area contributed by atoms with Gasteiger partial charge in [0, 0.05) is 13.0 Å². The summed E-state index contributed by atoms with van der Waals surface area (Å²) < 4.78 is 0. The van der Waals surface area contributed by atoms with Crippen molar-refractivity contribution in [3.63, 3.8) is 0 Å². The van der Waals surface area contributed by atoms with Gasteiger partial charge in [-0.3, -0.25) is 9.69 Å². The van der Waals surface area contributed by atoms with E-state index in [9.17, 15) is 4.79 Å². The lowest BCUT2D eigenvalue weighted by Crippen LogP contribution is -2.50. The first kappa shape index (κ1) is 12.1. The van der Waals surface area contributed by atoms with Gasteiger partial charge < -0.3 is 0 Å². The number of rotatable bonds is 0. The molecule has 0 aromatic carbocycles. The van der Waals surface area contributed by atoms with E-state index in [-0.39, 0.29) is 5.54 Å². The van der Waals surface area contributed by atoms with Crippen molar-refractivity contribution in [3.05, 3.63) is 0 Å². The Kier molecular flexibility index (Phi) is 2.90. The zero-order valence-electron chi connectivity index (χ0n) is 11.2. The monoisotopic (exact) mass is 223 g/mol. The molecule has 0 bridgehead atoms. The minimum Gasteiger partial charge on any atom is -0.298 e. The third-order valence-electron chi connectivity index (χ3n) is 4.96. The van der Waals surface area contributed by atoms with E-state index < -0.39 is 0 Å². The molecule has 0 aromatic rings. The number of hydrogen-bond donors (Lipinski definition) is 0. The Hall–Kier alpha value is -0.370. The number of hydrogen-bond acceptors (Lipinski definition) is 2. The predicted molar refractivity (Wildman–Crippen MR) is 66.4 cm³/mol. The second kappa shape index (κ2) is 3.83. The Labute approximate surface area is 99.4 Å². The lowest BCUT2D eigenvalue weighted by Gasteiger charge is -2.44. The highest BCUT2D eigenvalue weighted by atomic mass is 16.1. The van der Waals surface area contributed by atoms with Crippen molar-refractivity contribution >= 4 is 5.78 Å². The molecule has 1 saturated heterocycles. The highest BCUT2D eigenvalue weighted by molar-refractivity contribution is 5.90. The standard InChI is InChI=1S/C14H25NO/c1-13(2,3)11-5-8-14(9-6-11)12(16)7-10-15(14)4/h11H,5-10H2,1-4H3. The smallest absolute Gasteiger partial charge is 0.154 e. The maximum Gasteiger partial charge on any atom is 0.154 e. The lowest BCUT2D eigenvalue weighted by molar-refractivity contribution is -0.127. The van der Waals surface area contributed by atoms with Crippen LogP contribution in [-0.2, 0) is 4.79 Å². The Bertz CT molecular complexity index is 282. The van der Waals surface area contributed by atoms with Crippen LogP contribution < -0.4 is 0 Å². The average Bonchev–Trinajstić information content (AvgIpc) is 2.47. The van der Waals surface area contributed by atoms with Crippen molar-refractivity contribution < 1.29 is 4.79 Å². The van der Waals surface area contributed by atoms with Gasteiger partial charge in [0.05, 0.1) is 5.54 Å². The first-order chi connectivity index (χ1) is 7.36. The van der Waals surface area contributed by atoms with Crippen LogP contribution in [0.25, 0.3) is 0 Å². The van der Waals surface area contributed by atoms with E-state index in [4.69, 9.17) is 0 Å². The number of carbonyl (C=O) groups excluding carboxylic acids is 1. The first-order valence-corrected chi connectivity index (χ1v) is 6.61. The summed E-state index contributed by atoms with van der Waals surface area (Å²) in [5.41, 5.74) is 0.337. The fraction of sp³-hybridized carbons (Fsp3) is 0.929. The van der Waals surface area contributed by atoms with Crippen molar-refractivity contribution in [2.24, 2.45) is 11.3 Å². The van der Waals surface area contributed by atoms with Crippen LogP contribution in [-0.4, -0.2) is 29.8 Å². The molecule has 1 aliphatic carbocycles. The number of nitrogens with zero attached hydrogens (tertiary/aromatic N) is 1. The third kappa shape index (κ3) is 1.81. The van der Waals surface area contributed by atoms with Gasteiger partial charge in [0.15, 0.2) is 5.78 Å². The summed E-state index contributed by atoms with van der Waals surface area (Å²) in [6.45, 7) is 7.96. The molecule has 1 aliphatic heterocycles. The molecule has 16 heavy (non-hydrogen) atoms. The molecule has 0 N–H and O–H groups in total. The van der Waals surface area contributed by atoms with Gasteiger partial charge in [-0.2, -0.15) is 0 Å². The van der Waals surface area contributed by atoms with Crippen molar-refractivity contribution in [3.8, 4) is 0 Å². The fourth-order valence-corrected chi connectivity index (χ4v) is 3.55. The topological polar surface area (TPSA) is 20.3 Å². The number of ketones is 1. The van der Waals surface area contributed by atoms with Crippen LogP contribution in [0.4, 0.5) is 0 Å². The van der Waals surface area contributed by atoms with Gasteiger partial charge in [0.1, 0.15) is 0 Å². The van der Waals surface area contributed by atoms with Crippen LogP contribution in [0.5, 0.6) is 0 Å². The van der Waals surface area contributed by atoms with Crippen LogP contribution in [0.3, 0.4) is 0 Å². The highest BCUT2D eigenvalue weighted by Crippen LogP contribution is 2.45. The van der Waals surface area contributed by atoms with Crippen molar-refractivity contribution in [1.82, 2.24) is 4.90 Å². The third-order valence-corrected chi connectivity index (χ3v) is 4.96. The Balaban J connectivity index is 2.07. The first-order valence-electron chi connectivity index (χ1n) is 6.61. The van der Waals surface area contributed by atoms with E-state index in [1.807, 2.05) is 0 Å². The molecule has 92 valence electrons. The zero-order valence-corrected chi connectivity index (χ0v) is 11.2. The quantitative estimate of drug-likeness (QED) is 0.629. The largest absolute Gasteiger partial charge is 0.298 e. The van der Waals surface area contributed by atoms with Crippen molar-refractivity contribution in [2.45, 2.75) is 58.4 Å². The van der Waals surface area contributed by atoms with E-state index in [1.165, 1.54) is 12.8 Å². The highest BCUT2D eigenvalue weighted by Gasteiger charge is 2.49. The molecule has 2 heteroatoms. The maximum absolute atomic E-state index is 12.1. The Morgan fingerprint density at radius 2 is 1.81 bits per heavy atom. The number of likely N-dealkylation sites (N-methyl/N-ethyl adjacent to an activating group) is 1. The molecular formula is C14H25NO. The molecule has 0 amide bonds. The van der Waals surface area contributed by atoms with E-state index in [1.54, 1.807) is 0 Å². The predicted octanol–water partition coefficient (Wildman–Crippen LogP) is 2.87. The minimum atomic E-state index is -0.0677. The van der Waals surface area contributed by atoms with Crippen LogP contribution in [0.2, 0.25) is 0 Å². The van der Waals surface area contributed by atoms with Crippen LogP contribution in [0.15, 0.2) is 0 Å². The van der Waals surface area contributed by atoms with Crippen LogP contribution in [0, 0.1) is 11.3 Å². The molecule has 2 rings (SSSR count). The van der Waals surface area contributed by atoms with Crippen molar-refractivity contribution in [2.75, 3.05) is 13.6 Å². The Morgan fingerprint density at radius 3 is 2.19 bits per heavy atom. The van der Waals surface area contributed by atoms with Gasteiger partial charge in [0.25, 0.3) is 0 Å². The molecule has 1 spiro atoms. The van der Waals surface area contributed by atoms with Gasteiger partial charge >= 0.3 is 0 Å². The molecule has 0 radical (unpaired) electrons. The SMILES string of the molecule is CN1CCC(=O)C12CCC(C(C)(C)C)CC2. The molecule has 1 saturated carbocycles. The summed E-state index contributed by atoms with van der Waals surface area (Å²) in [7, 11) is 2.13. The molecule has 0 unspecified atom stereocenters. The Morgan fingerprint density at radius 1 is 1.25 bits per heavy atom. The zero-order chi connectivity index (χ0) is 12.0. The number of Topliss-reactive ketones (excluding diaryl/α,β-unsaturated/α-hetero) is 1. The summed E-state index contributed by atoms with van der Waals surface area (Å²) in [5.74, 6) is 1.29. The molecule has 0 aromatic heterocycles. The molecular weight excluding hydrogens is 198 g/mol. The fourth-order valence-electron chi connectivity index (χ4n) is 3.55. The van der Waals surface area contributed by atoms with Crippen LogP contribution in [0.1, 0.15) is 52.9 Å². The molecule has 2 aliphatic rings. The molecule has 1 heterocycles. The van der Waals surface area contributed by atoms with Gasteiger partial charge in [-0.05, 0) is 44.1 Å². The second-order valence-electron chi connectivity index (χ2n) is 6.77. The summed E-state index contributed by atoms with van der Waals surface area (Å²) in [6.07, 6.45) is 5.39. The summed E-state index contributed by atoms with van der Waals surface area (Å²) in [4.78, 5) is 14.4. The minimum absolute atomic E-state index is 0.0677. The van der Waals surface area contributed by atoms with E-state index >= 15 is 0 Å². The summed E-state index contributed by atoms with van der Waals surface area (Å²) in [6, 6.07) is 0. The lowest BCUT2D eigenvalue weighted by atomic mass is 9.66. The average molecular weight is 223 g/mol. The van der Waals surface area contributed by atoms with Crippen molar-refractivity contribution in [1.29, 1.82) is 0 Å². The van der Waals surface area contributed by atoms with E-state index in [0.29, 0.717) is 11.2 Å². The van der Waals surface area contributed by atoms with Gasteiger partial charge in [-0.25, -0.2) is 0 Å². The number of carbonyl (C=O) groups is 1. The molecule has 2 nitrogen and oxygen atoms in total. The van der Waals surface area contributed by atoms with Gasteiger partial charge in [-0.1, -0.05) is 20.8 Å². The summed E-state index contributed by atoms with van der Waals surface area (Å²) in [5, 5.41) is 0. The molecule has 2 fully saturated rings. The molecule has 0 atom stereocenters. The normalized spacial score (nSPS) is 37.2. The summed E-state index contributed by atoms with van der Waals surface area (Å²) >= 11 is 0. The van der Waals surface area contributed by atoms with Gasteiger partial charge in [0.2, 0.25) is 0 Å². The number of likely N-dealkylation sites (tertiary alicyclic amines) is 1. The second-order valence-corrected chi connectivity index (χ2v) is 6.77. The van der Waals surface area contributed by atoms with E-state index in [2.05, 4.69) is 32.7 Å².